The van der Waals surface area contributed by atoms with E-state index in [0.29, 0.717) is 11.3 Å². The molecule has 1 atom stereocenters. The Morgan fingerprint density at radius 1 is 1.00 bits per heavy atom. The first kappa shape index (κ1) is 18.3. The van der Waals surface area contributed by atoms with Gasteiger partial charge in [-0.25, -0.2) is 4.98 Å². The van der Waals surface area contributed by atoms with Crippen LogP contribution in [0.4, 0.5) is 5.69 Å². The van der Waals surface area contributed by atoms with E-state index in [-0.39, 0.29) is 29.1 Å². The number of carbonyl (C=O) groups excluding carboxylic acids is 3. The predicted octanol–water partition coefficient (Wildman–Crippen LogP) is 3.06. The van der Waals surface area contributed by atoms with Gasteiger partial charge in [0.1, 0.15) is 11.4 Å². The zero-order valence-electron chi connectivity index (χ0n) is 14.5. The maximum absolute atomic E-state index is 12.3. The van der Waals surface area contributed by atoms with E-state index < -0.39 is 5.91 Å². The van der Waals surface area contributed by atoms with Gasteiger partial charge in [-0.3, -0.25) is 14.4 Å². The summed E-state index contributed by atoms with van der Waals surface area (Å²) in [6.45, 7) is 5.35. The Balaban J connectivity index is 2.10. The molecule has 6 nitrogen and oxygen atoms in total. The first-order valence-corrected chi connectivity index (χ1v) is 8.11. The summed E-state index contributed by atoms with van der Waals surface area (Å²) in [4.78, 5) is 39.8. The highest BCUT2D eigenvalue weighted by Gasteiger charge is 2.14. The highest BCUT2D eigenvalue weighted by molar-refractivity contribution is 6.04. The van der Waals surface area contributed by atoms with E-state index in [1.807, 2.05) is 13.8 Å². The topological polar surface area (TPSA) is 88.2 Å². The molecule has 0 saturated heterocycles. The largest absolute Gasteiger partial charge is 0.348 e. The van der Waals surface area contributed by atoms with Crippen LogP contribution < -0.4 is 10.6 Å². The summed E-state index contributed by atoms with van der Waals surface area (Å²) < 4.78 is 0. The average molecular weight is 339 g/mol. The molecule has 1 aromatic carbocycles. The Bertz CT molecular complexity index is 785. The second kappa shape index (κ2) is 8.19. The molecule has 2 aromatic rings. The van der Waals surface area contributed by atoms with Crippen molar-refractivity contribution in [1.82, 2.24) is 10.3 Å². The number of ketones is 1. The number of rotatable bonds is 6. The number of nitrogens with one attached hydrogen (secondary N) is 2. The number of hydrogen-bond donors (Lipinski definition) is 2. The quantitative estimate of drug-likeness (QED) is 0.792. The van der Waals surface area contributed by atoms with E-state index in [4.69, 9.17) is 0 Å². The fourth-order valence-corrected chi connectivity index (χ4v) is 2.07. The van der Waals surface area contributed by atoms with E-state index in [0.717, 1.165) is 6.42 Å². The molecule has 25 heavy (non-hydrogen) atoms. The van der Waals surface area contributed by atoms with Gasteiger partial charge in [0.25, 0.3) is 11.8 Å². The highest BCUT2D eigenvalue weighted by Crippen LogP contribution is 2.11. The lowest BCUT2D eigenvalue weighted by Gasteiger charge is -2.11. The SMILES string of the molecule is CCC(C)NC(=O)c1cccc(C(=O)Nc2ccc(C(C)=O)cc2)n1. The van der Waals surface area contributed by atoms with Crippen LogP contribution in [-0.2, 0) is 0 Å². The molecule has 6 heteroatoms. The number of pyridine rings is 1. The Labute approximate surface area is 146 Å². The van der Waals surface area contributed by atoms with Gasteiger partial charge < -0.3 is 10.6 Å². The monoisotopic (exact) mass is 339 g/mol. The molecule has 2 rings (SSSR count). The van der Waals surface area contributed by atoms with Gasteiger partial charge in [-0.1, -0.05) is 13.0 Å². The van der Waals surface area contributed by atoms with Crippen molar-refractivity contribution in [2.45, 2.75) is 33.2 Å². The lowest BCUT2D eigenvalue weighted by atomic mass is 10.1. The van der Waals surface area contributed by atoms with Crippen molar-refractivity contribution in [3.8, 4) is 0 Å². The van der Waals surface area contributed by atoms with Crippen molar-refractivity contribution in [2.24, 2.45) is 0 Å². The first-order chi connectivity index (χ1) is 11.9. The second-order valence-electron chi connectivity index (χ2n) is 5.78. The average Bonchev–Trinajstić information content (AvgIpc) is 2.62. The Kier molecular flexibility index (Phi) is 6.00. The van der Waals surface area contributed by atoms with Crippen molar-refractivity contribution in [3.05, 3.63) is 59.4 Å². The highest BCUT2D eigenvalue weighted by atomic mass is 16.2. The molecule has 0 spiro atoms. The van der Waals surface area contributed by atoms with Crippen LogP contribution in [0.15, 0.2) is 42.5 Å². The minimum absolute atomic E-state index is 0.0339. The second-order valence-corrected chi connectivity index (χ2v) is 5.78. The van der Waals surface area contributed by atoms with Crippen molar-refractivity contribution in [3.63, 3.8) is 0 Å². The summed E-state index contributed by atoms with van der Waals surface area (Å²) in [5, 5.41) is 5.51. The summed E-state index contributed by atoms with van der Waals surface area (Å²) in [6, 6.07) is 11.3. The molecule has 130 valence electrons. The van der Waals surface area contributed by atoms with Crippen LogP contribution in [0.1, 0.15) is 58.5 Å². The van der Waals surface area contributed by atoms with Crippen LogP contribution >= 0.6 is 0 Å². The van der Waals surface area contributed by atoms with Gasteiger partial charge in [-0.15, -0.1) is 0 Å². The third kappa shape index (κ3) is 4.97. The van der Waals surface area contributed by atoms with Crippen LogP contribution in [0, 0.1) is 0 Å². The standard InChI is InChI=1S/C19H21N3O3/c1-4-12(2)20-18(24)16-6-5-7-17(22-16)19(25)21-15-10-8-14(9-11-15)13(3)23/h5-12H,4H2,1-3H3,(H,20,24)(H,21,25). The molecule has 0 radical (unpaired) electrons. The number of nitrogens with zero attached hydrogens (tertiary/aromatic N) is 1. The lowest BCUT2D eigenvalue weighted by molar-refractivity contribution is 0.0933. The van der Waals surface area contributed by atoms with Crippen molar-refractivity contribution < 1.29 is 14.4 Å². The maximum atomic E-state index is 12.3. The Morgan fingerprint density at radius 3 is 2.16 bits per heavy atom. The van der Waals surface area contributed by atoms with Crippen LogP contribution in [0.3, 0.4) is 0 Å². The molecule has 1 aromatic heterocycles. The fraction of sp³-hybridized carbons (Fsp3) is 0.263. The fourth-order valence-electron chi connectivity index (χ4n) is 2.07. The van der Waals surface area contributed by atoms with Crippen LogP contribution in [0.2, 0.25) is 0 Å². The van der Waals surface area contributed by atoms with Crippen molar-refractivity contribution in [2.75, 3.05) is 5.32 Å². The van der Waals surface area contributed by atoms with Crippen molar-refractivity contribution in [1.29, 1.82) is 0 Å². The summed E-state index contributed by atoms with van der Waals surface area (Å²) in [6.07, 6.45) is 0.808. The molecule has 1 unspecified atom stereocenters. The molecule has 0 saturated carbocycles. The zero-order chi connectivity index (χ0) is 18.4. The molecule has 0 bridgehead atoms. The Morgan fingerprint density at radius 2 is 1.60 bits per heavy atom. The van der Waals surface area contributed by atoms with Gasteiger partial charge in [0, 0.05) is 17.3 Å². The van der Waals surface area contributed by atoms with E-state index in [1.54, 1.807) is 42.5 Å². The number of aromatic nitrogens is 1. The summed E-state index contributed by atoms with van der Waals surface area (Å²) >= 11 is 0. The molecule has 2 N–H and O–H groups in total. The van der Waals surface area contributed by atoms with Crippen LogP contribution in [0.25, 0.3) is 0 Å². The van der Waals surface area contributed by atoms with Gasteiger partial charge in [0.05, 0.1) is 0 Å². The van der Waals surface area contributed by atoms with Gasteiger partial charge in [-0.05, 0) is 56.7 Å². The molecule has 0 fully saturated rings. The first-order valence-electron chi connectivity index (χ1n) is 8.11. The minimum atomic E-state index is -0.422. The molecule has 0 aliphatic rings. The molecule has 2 amide bonds. The van der Waals surface area contributed by atoms with Gasteiger partial charge in [0.15, 0.2) is 5.78 Å². The molecular weight excluding hydrogens is 318 g/mol. The summed E-state index contributed by atoms with van der Waals surface area (Å²) in [5.41, 5.74) is 1.46. The smallest absolute Gasteiger partial charge is 0.274 e. The number of benzene rings is 1. The van der Waals surface area contributed by atoms with Crippen LogP contribution in [0.5, 0.6) is 0 Å². The number of anilines is 1. The number of Topliss-reactive ketones (excluding diaryl/α,β-unsaturated/α-hetero) is 1. The van der Waals surface area contributed by atoms with E-state index in [9.17, 15) is 14.4 Å². The maximum Gasteiger partial charge on any atom is 0.274 e. The van der Waals surface area contributed by atoms with Gasteiger partial charge >= 0.3 is 0 Å². The van der Waals surface area contributed by atoms with Crippen molar-refractivity contribution >= 4 is 23.3 Å². The number of hydrogen-bond acceptors (Lipinski definition) is 4. The predicted molar refractivity (Wildman–Crippen MR) is 95.9 cm³/mol. The molecule has 1 heterocycles. The number of carbonyl (C=O) groups is 3. The normalized spacial score (nSPS) is 11.5. The zero-order valence-corrected chi connectivity index (χ0v) is 14.5. The van der Waals surface area contributed by atoms with Crippen LogP contribution in [-0.4, -0.2) is 28.6 Å². The third-order valence-corrected chi connectivity index (χ3v) is 3.75. The van der Waals surface area contributed by atoms with E-state index >= 15 is 0 Å². The third-order valence-electron chi connectivity index (χ3n) is 3.75. The molecule has 0 aliphatic carbocycles. The molecular formula is C19H21N3O3. The van der Waals surface area contributed by atoms with E-state index in [1.165, 1.54) is 6.92 Å². The minimum Gasteiger partial charge on any atom is -0.348 e. The summed E-state index contributed by atoms with van der Waals surface area (Å²) in [5.74, 6) is -0.775. The molecule has 0 aliphatic heterocycles. The summed E-state index contributed by atoms with van der Waals surface area (Å²) in [7, 11) is 0. The van der Waals surface area contributed by atoms with Gasteiger partial charge in [-0.2, -0.15) is 0 Å². The van der Waals surface area contributed by atoms with Gasteiger partial charge in [0.2, 0.25) is 0 Å². The lowest BCUT2D eigenvalue weighted by Crippen LogP contribution is -2.32. The Hall–Kier alpha value is -3.02. The number of amides is 2. The van der Waals surface area contributed by atoms with E-state index in [2.05, 4.69) is 15.6 Å².